The number of likely N-dealkylation sites (tertiary alicyclic amines) is 1. The largest absolute Gasteiger partial charge is 0.507 e. The minimum atomic E-state index is 0.202. The molecule has 2 aliphatic heterocycles. The van der Waals surface area contributed by atoms with Crippen LogP contribution in [0.4, 0.5) is 11.5 Å². The summed E-state index contributed by atoms with van der Waals surface area (Å²) in [6.45, 7) is 6.16. The first kappa shape index (κ1) is 25.7. The number of para-hydroxylation sites is 1. The Morgan fingerprint density at radius 2 is 1.73 bits per heavy atom. The van der Waals surface area contributed by atoms with Crippen molar-refractivity contribution in [2.45, 2.75) is 44.4 Å². The molecule has 4 heterocycles. The molecule has 0 radical (unpaired) electrons. The highest BCUT2D eigenvalue weighted by molar-refractivity contribution is 5.74. The lowest BCUT2D eigenvalue weighted by Gasteiger charge is -2.71. The van der Waals surface area contributed by atoms with Crippen LogP contribution < -0.4 is 16.4 Å². The van der Waals surface area contributed by atoms with Crippen molar-refractivity contribution in [3.05, 3.63) is 54.1 Å². The Balaban J connectivity index is 0.973. The van der Waals surface area contributed by atoms with Crippen molar-refractivity contribution in [3.63, 3.8) is 0 Å². The number of benzene rings is 1. The molecule has 2 saturated carbocycles. The Kier molecular flexibility index (Phi) is 6.59. The molecule has 4 fully saturated rings. The topological polar surface area (TPSA) is 130 Å². The predicted molar refractivity (Wildman–Crippen MR) is 156 cm³/mol. The molecule has 210 valence electrons. The van der Waals surface area contributed by atoms with E-state index in [2.05, 4.69) is 32.4 Å². The van der Waals surface area contributed by atoms with E-state index in [9.17, 15) is 5.11 Å². The van der Waals surface area contributed by atoms with Gasteiger partial charge in [-0.3, -0.25) is 0 Å². The molecule has 9 heteroatoms. The number of piperidine rings is 2. The first-order chi connectivity index (χ1) is 19.5. The highest BCUT2D eigenvalue weighted by Crippen LogP contribution is 2.70. The van der Waals surface area contributed by atoms with Crippen LogP contribution in [0.1, 0.15) is 49.4 Å². The molecule has 2 aliphatic carbocycles. The van der Waals surface area contributed by atoms with Crippen molar-refractivity contribution in [2.24, 2.45) is 28.9 Å². The van der Waals surface area contributed by atoms with E-state index in [0.29, 0.717) is 40.2 Å². The maximum atomic E-state index is 10.3. The first-order valence-corrected chi connectivity index (χ1v) is 14.9. The quantitative estimate of drug-likeness (QED) is 0.393. The highest BCUT2D eigenvalue weighted by atomic mass is 16.3. The maximum Gasteiger partial charge on any atom is 0.169 e. The molecule has 2 atom stereocenters. The third-order valence-electron chi connectivity index (χ3n) is 10.3. The number of hydrogen-bond donors (Lipinski definition) is 3. The van der Waals surface area contributed by atoms with Crippen LogP contribution in [0.15, 0.2) is 42.7 Å². The van der Waals surface area contributed by atoms with Crippen LogP contribution in [0.5, 0.6) is 5.75 Å². The molecule has 0 bridgehead atoms. The van der Waals surface area contributed by atoms with E-state index < -0.39 is 0 Å². The monoisotopic (exact) mass is 540 g/mol. The van der Waals surface area contributed by atoms with Gasteiger partial charge in [0.1, 0.15) is 11.6 Å². The Hall–Kier alpha value is -3.30. The fourth-order valence-electron chi connectivity index (χ4n) is 8.43. The summed E-state index contributed by atoms with van der Waals surface area (Å²) in [5.74, 6) is 4.32. The van der Waals surface area contributed by atoms with Crippen molar-refractivity contribution < 1.29 is 5.11 Å². The second-order valence-electron chi connectivity index (χ2n) is 12.6. The van der Waals surface area contributed by atoms with Crippen molar-refractivity contribution in [3.8, 4) is 17.0 Å². The molecule has 2 saturated heterocycles. The van der Waals surface area contributed by atoms with Crippen molar-refractivity contribution in [2.75, 3.05) is 49.9 Å². The molecule has 7 rings (SSSR count). The van der Waals surface area contributed by atoms with Gasteiger partial charge in [0.05, 0.1) is 11.4 Å². The van der Waals surface area contributed by atoms with Gasteiger partial charge in [-0.25, -0.2) is 9.97 Å². The van der Waals surface area contributed by atoms with Crippen molar-refractivity contribution >= 4 is 11.5 Å². The summed E-state index contributed by atoms with van der Waals surface area (Å²) in [6.07, 6.45) is 11.1. The van der Waals surface area contributed by atoms with Crippen LogP contribution >= 0.6 is 0 Å². The molecule has 4 aliphatic rings. The van der Waals surface area contributed by atoms with Crippen LogP contribution in [-0.4, -0.2) is 69.4 Å². The fraction of sp³-hybridized carbons (Fsp3) is 0.548. The molecule has 9 nitrogen and oxygen atoms in total. The Bertz CT molecular complexity index is 1340. The summed E-state index contributed by atoms with van der Waals surface area (Å²) in [4.78, 5) is 14.7. The van der Waals surface area contributed by atoms with Gasteiger partial charge in [0, 0.05) is 37.5 Å². The van der Waals surface area contributed by atoms with Crippen LogP contribution in [-0.2, 0) is 6.42 Å². The number of hydrogen-bond acceptors (Lipinski definition) is 9. The molecule has 0 spiro atoms. The van der Waals surface area contributed by atoms with Crippen LogP contribution in [0.25, 0.3) is 11.3 Å². The smallest absolute Gasteiger partial charge is 0.169 e. The first-order valence-electron chi connectivity index (χ1n) is 14.9. The summed E-state index contributed by atoms with van der Waals surface area (Å²) in [5.41, 5.74) is 15.9. The summed E-state index contributed by atoms with van der Waals surface area (Å²) in [6, 6.07) is 9.23. The number of aromatic hydroxyl groups is 1. The molecule has 5 N–H and O–H groups in total. The highest BCUT2D eigenvalue weighted by Gasteiger charge is 2.66. The lowest BCUT2D eigenvalue weighted by atomic mass is 9.36. The third-order valence-corrected chi connectivity index (χ3v) is 10.3. The van der Waals surface area contributed by atoms with E-state index in [1.807, 2.05) is 24.3 Å². The van der Waals surface area contributed by atoms with E-state index in [4.69, 9.17) is 21.4 Å². The lowest BCUT2D eigenvalue weighted by molar-refractivity contribution is -0.192. The second-order valence-corrected chi connectivity index (χ2v) is 12.6. The van der Waals surface area contributed by atoms with Gasteiger partial charge in [0.15, 0.2) is 5.82 Å². The molecular weight excluding hydrogens is 500 g/mol. The van der Waals surface area contributed by atoms with E-state index >= 15 is 0 Å². The van der Waals surface area contributed by atoms with Gasteiger partial charge in [0.25, 0.3) is 0 Å². The van der Waals surface area contributed by atoms with E-state index in [0.717, 1.165) is 69.5 Å². The zero-order chi connectivity index (χ0) is 27.3. The number of nitrogens with two attached hydrogens (primary N) is 2. The van der Waals surface area contributed by atoms with Gasteiger partial charge in [-0.1, -0.05) is 12.1 Å². The van der Waals surface area contributed by atoms with E-state index in [1.165, 1.54) is 31.2 Å². The van der Waals surface area contributed by atoms with Crippen molar-refractivity contribution in [1.29, 1.82) is 0 Å². The fourth-order valence-corrected chi connectivity index (χ4v) is 8.43. The summed E-state index contributed by atoms with van der Waals surface area (Å²) < 4.78 is 0. The zero-order valence-electron chi connectivity index (χ0n) is 23.1. The second kappa shape index (κ2) is 10.3. The van der Waals surface area contributed by atoms with Gasteiger partial charge < -0.3 is 26.4 Å². The summed E-state index contributed by atoms with van der Waals surface area (Å²) in [7, 11) is 0. The standard InChI is InChI=1S/C31H40N8O/c32-8-3-9-38-10-6-20(7-11-38)23-16-34-28(35-17-23)15-31-13-21-18-39(19-22(14-31)29(21)31)26-12-25(36-37-30(26)33)24-4-1-2-5-27(24)40/h1-2,4-5,12,16-17,20-22,29,40H,3,6-11,13-15,18-19,32H2,(H2,33,37). The molecule has 3 aromatic rings. The third kappa shape index (κ3) is 4.49. The van der Waals surface area contributed by atoms with Gasteiger partial charge >= 0.3 is 0 Å². The number of nitrogens with zero attached hydrogens (tertiary/aromatic N) is 6. The number of phenols is 1. The minimum absolute atomic E-state index is 0.202. The predicted octanol–water partition coefficient (Wildman–Crippen LogP) is 3.45. The normalized spacial score (nSPS) is 28.0. The summed E-state index contributed by atoms with van der Waals surface area (Å²) >= 11 is 0. The van der Waals surface area contributed by atoms with Gasteiger partial charge in [-0.05, 0) is 111 Å². The van der Waals surface area contributed by atoms with E-state index in [1.54, 1.807) is 6.07 Å². The molecule has 0 amide bonds. The Labute approximate surface area is 236 Å². The average Bonchev–Trinajstić information content (AvgIpc) is 2.95. The van der Waals surface area contributed by atoms with Gasteiger partial charge in [-0.15, -0.1) is 10.2 Å². The van der Waals surface area contributed by atoms with Gasteiger partial charge in [0.2, 0.25) is 0 Å². The molecular formula is C31H40N8O. The van der Waals surface area contributed by atoms with Crippen LogP contribution in [0.3, 0.4) is 0 Å². The minimum Gasteiger partial charge on any atom is -0.507 e. The molecule has 2 aromatic heterocycles. The number of rotatable bonds is 8. The van der Waals surface area contributed by atoms with Crippen molar-refractivity contribution in [1.82, 2.24) is 25.1 Å². The number of nitrogen functional groups attached to an aromatic ring is 1. The Morgan fingerprint density at radius 1 is 1.00 bits per heavy atom. The molecule has 2 unspecified atom stereocenters. The molecule has 1 aromatic carbocycles. The number of anilines is 2. The van der Waals surface area contributed by atoms with Crippen LogP contribution in [0, 0.1) is 23.2 Å². The van der Waals surface area contributed by atoms with Crippen LogP contribution in [0.2, 0.25) is 0 Å². The number of aromatic nitrogens is 4. The summed E-state index contributed by atoms with van der Waals surface area (Å²) in [5, 5.41) is 18.8. The maximum absolute atomic E-state index is 10.3. The van der Waals surface area contributed by atoms with Gasteiger partial charge in [-0.2, -0.15) is 0 Å². The Morgan fingerprint density at radius 3 is 2.42 bits per heavy atom. The zero-order valence-corrected chi connectivity index (χ0v) is 23.1. The molecule has 40 heavy (non-hydrogen) atoms. The SMILES string of the molecule is NCCCN1CCC(c2cnc(CC34CC5CN(c6cc(-c7ccccc7O)nnc6N)CC(C3)C54)nc2)CC1. The van der Waals surface area contributed by atoms with E-state index in [-0.39, 0.29) is 5.75 Å². The average molecular weight is 541 g/mol. The number of phenolic OH excluding ortho intramolecular Hbond substituents is 1. The lowest BCUT2D eigenvalue weighted by Crippen LogP contribution is -2.69.